The normalized spacial score (nSPS) is 12.1. The van der Waals surface area contributed by atoms with E-state index in [1.807, 2.05) is 6.07 Å². The predicted molar refractivity (Wildman–Crippen MR) is 58.9 cm³/mol. The standard InChI is InChI=1S/C12H12N2O2/c15-12(10-3-1-5-13-7-10)9-16-11-4-2-6-14-8-11/h1-8,12,15H,9H2. The number of hydrogen-bond donors (Lipinski definition) is 1. The molecule has 0 aromatic carbocycles. The number of nitrogens with zero attached hydrogens (tertiary/aromatic N) is 2. The summed E-state index contributed by atoms with van der Waals surface area (Å²) in [4.78, 5) is 7.85. The van der Waals surface area contributed by atoms with Gasteiger partial charge in [0.05, 0.1) is 6.20 Å². The summed E-state index contributed by atoms with van der Waals surface area (Å²) in [6.07, 6.45) is 5.89. The van der Waals surface area contributed by atoms with Crippen LogP contribution in [0.1, 0.15) is 11.7 Å². The van der Waals surface area contributed by atoms with E-state index in [1.54, 1.807) is 43.0 Å². The van der Waals surface area contributed by atoms with Gasteiger partial charge >= 0.3 is 0 Å². The van der Waals surface area contributed by atoms with Gasteiger partial charge in [-0.15, -0.1) is 0 Å². The molecule has 2 heterocycles. The van der Waals surface area contributed by atoms with Crippen molar-refractivity contribution in [2.75, 3.05) is 6.61 Å². The molecule has 16 heavy (non-hydrogen) atoms. The van der Waals surface area contributed by atoms with Crippen molar-refractivity contribution in [3.63, 3.8) is 0 Å². The quantitative estimate of drug-likeness (QED) is 0.843. The molecule has 1 N–H and O–H groups in total. The van der Waals surface area contributed by atoms with Gasteiger partial charge in [0.2, 0.25) is 0 Å². The minimum absolute atomic E-state index is 0.192. The van der Waals surface area contributed by atoms with Crippen molar-refractivity contribution in [2.45, 2.75) is 6.10 Å². The fourth-order valence-corrected chi connectivity index (χ4v) is 1.28. The van der Waals surface area contributed by atoms with Crippen molar-refractivity contribution in [1.29, 1.82) is 0 Å². The Morgan fingerprint density at radius 3 is 2.50 bits per heavy atom. The number of aromatic nitrogens is 2. The van der Waals surface area contributed by atoms with Gasteiger partial charge in [-0.2, -0.15) is 0 Å². The average Bonchev–Trinajstić information content (AvgIpc) is 2.38. The summed E-state index contributed by atoms with van der Waals surface area (Å²) in [6, 6.07) is 7.17. The number of aliphatic hydroxyl groups excluding tert-OH is 1. The Balaban J connectivity index is 1.92. The summed E-state index contributed by atoms with van der Waals surface area (Å²) in [5.74, 6) is 0.644. The monoisotopic (exact) mass is 216 g/mol. The molecule has 2 aromatic rings. The fourth-order valence-electron chi connectivity index (χ4n) is 1.28. The van der Waals surface area contributed by atoms with Gasteiger partial charge in [-0.1, -0.05) is 6.07 Å². The van der Waals surface area contributed by atoms with E-state index >= 15 is 0 Å². The maximum Gasteiger partial charge on any atom is 0.137 e. The highest BCUT2D eigenvalue weighted by Gasteiger charge is 2.07. The molecular formula is C12H12N2O2. The summed E-state index contributed by atoms with van der Waals surface area (Å²) in [6.45, 7) is 0.192. The van der Waals surface area contributed by atoms with E-state index in [4.69, 9.17) is 4.74 Å². The minimum atomic E-state index is -0.672. The van der Waals surface area contributed by atoms with E-state index in [9.17, 15) is 5.11 Å². The highest BCUT2D eigenvalue weighted by atomic mass is 16.5. The maximum absolute atomic E-state index is 9.80. The van der Waals surface area contributed by atoms with Crippen molar-refractivity contribution in [3.05, 3.63) is 54.6 Å². The Kier molecular flexibility index (Phi) is 3.46. The lowest BCUT2D eigenvalue weighted by Gasteiger charge is -2.11. The zero-order valence-corrected chi connectivity index (χ0v) is 8.65. The fraction of sp³-hybridized carbons (Fsp3) is 0.167. The second-order valence-electron chi connectivity index (χ2n) is 3.30. The second-order valence-corrected chi connectivity index (χ2v) is 3.30. The molecule has 0 bridgehead atoms. The molecule has 1 atom stereocenters. The Bertz CT molecular complexity index is 420. The molecule has 0 amide bonds. The van der Waals surface area contributed by atoms with Gasteiger partial charge in [0.1, 0.15) is 18.5 Å². The van der Waals surface area contributed by atoms with Crippen LogP contribution in [0.15, 0.2) is 49.1 Å². The third kappa shape index (κ3) is 2.77. The Hall–Kier alpha value is -1.94. The number of ether oxygens (including phenoxy) is 1. The molecular weight excluding hydrogens is 204 g/mol. The molecule has 4 heteroatoms. The Morgan fingerprint density at radius 2 is 1.88 bits per heavy atom. The van der Waals surface area contributed by atoms with Crippen molar-refractivity contribution in [3.8, 4) is 5.75 Å². The van der Waals surface area contributed by atoms with Crippen LogP contribution in [0.3, 0.4) is 0 Å². The molecule has 0 aliphatic heterocycles. The van der Waals surface area contributed by atoms with Gasteiger partial charge in [0.25, 0.3) is 0 Å². The van der Waals surface area contributed by atoms with Crippen LogP contribution in [0, 0.1) is 0 Å². The summed E-state index contributed by atoms with van der Waals surface area (Å²) in [7, 11) is 0. The lowest BCUT2D eigenvalue weighted by atomic mass is 10.2. The van der Waals surface area contributed by atoms with Crippen LogP contribution in [-0.2, 0) is 0 Å². The minimum Gasteiger partial charge on any atom is -0.489 e. The number of aliphatic hydroxyl groups is 1. The highest BCUT2D eigenvalue weighted by Crippen LogP contribution is 2.13. The highest BCUT2D eigenvalue weighted by molar-refractivity contribution is 5.16. The Morgan fingerprint density at radius 1 is 1.12 bits per heavy atom. The van der Waals surface area contributed by atoms with E-state index in [0.717, 1.165) is 5.56 Å². The van der Waals surface area contributed by atoms with Gasteiger partial charge in [-0.05, 0) is 18.2 Å². The van der Waals surface area contributed by atoms with E-state index in [2.05, 4.69) is 9.97 Å². The summed E-state index contributed by atoms with van der Waals surface area (Å²) in [5, 5.41) is 9.80. The molecule has 1 unspecified atom stereocenters. The molecule has 2 rings (SSSR count). The molecule has 0 aliphatic rings. The van der Waals surface area contributed by atoms with Crippen LogP contribution in [0.2, 0.25) is 0 Å². The molecule has 0 aliphatic carbocycles. The van der Waals surface area contributed by atoms with Crippen molar-refractivity contribution in [1.82, 2.24) is 9.97 Å². The second kappa shape index (κ2) is 5.23. The predicted octanol–water partition coefficient (Wildman–Crippen LogP) is 1.59. The first-order valence-corrected chi connectivity index (χ1v) is 4.97. The SMILES string of the molecule is OC(COc1cccnc1)c1cccnc1. The van der Waals surface area contributed by atoms with E-state index in [0.29, 0.717) is 5.75 Å². The third-order valence-corrected chi connectivity index (χ3v) is 2.11. The Labute approximate surface area is 93.6 Å². The first-order chi connectivity index (χ1) is 7.86. The smallest absolute Gasteiger partial charge is 0.137 e. The van der Waals surface area contributed by atoms with Crippen LogP contribution in [0.25, 0.3) is 0 Å². The van der Waals surface area contributed by atoms with Crippen molar-refractivity contribution in [2.24, 2.45) is 0 Å². The molecule has 0 fully saturated rings. The zero-order valence-electron chi connectivity index (χ0n) is 8.65. The van der Waals surface area contributed by atoms with Crippen molar-refractivity contribution < 1.29 is 9.84 Å². The first-order valence-electron chi connectivity index (χ1n) is 4.97. The van der Waals surface area contributed by atoms with Crippen LogP contribution in [0.4, 0.5) is 0 Å². The number of rotatable bonds is 4. The summed E-state index contributed by atoms with van der Waals surface area (Å²) >= 11 is 0. The summed E-state index contributed by atoms with van der Waals surface area (Å²) < 4.78 is 5.38. The number of hydrogen-bond acceptors (Lipinski definition) is 4. The number of pyridine rings is 2. The van der Waals surface area contributed by atoms with Gasteiger partial charge in [-0.3, -0.25) is 9.97 Å². The topological polar surface area (TPSA) is 55.2 Å². The van der Waals surface area contributed by atoms with E-state index in [1.165, 1.54) is 0 Å². The maximum atomic E-state index is 9.80. The average molecular weight is 216 g/mol. The van der Waals surface area contributed by atoms with Gasteiger partial charge in [-0.25, -0.2) is 0 Å². The van der Waals surface area contributed by atoms with Gasteiger partial charge in [0, 0.05) is 24.2 Å². The van der Waals surface area contributed by atoms with Crippen LogP contribution in [-0.4, -0.2) is 21.7 Å². The first kappa shape index (κ1) is 10.6. The lowest BCUT2D eigenvalue weighted by Crippen LogP contribution is -2.09. The molecule has 0 saturated heterocycles. The van der Waals surface area contributed by atoms with E-state index < -0.39 is 6.10 Å². The molecule has 82 valence electrons. The van der Waals surface area contributed by atoms with Crippen molar-refractivity contribution >= 4 is 0 Å². The largest absolute Gasteiger partial charge is 0.489 e. The van der Waals surface area contributed by atoms with Gasteiger partial charge < -0.3 is 9.84 Å². The van der Waals surface area contributed by atoms with Crippen LogP contribution in [0.5, 0.6) is 5.75 Å². The lowest BCUT2D eigenvalue weighted by molar-refractivity contribution is 0.107. The molecule has 2 aromatic heterocycles. The van der Waals surface area contributed by atoms with E-state index in [-0.39, 0.29) is 6.61 Å². The molecule has 4 nitrogen and oxygen atoms in total. The van der Waals surface area contributed by atoms with Crippen LogP contribution < -0.4 is 4.74 Å². The van der Waals surface area contributed by atoms with Gasteiger partial charge in [0.15, 0.2) is 0 Å². The molecule has 0 saturated carbocycles. The van der Waals surface area contributed by atoms with Crippen LogP contribution >= 0.6 is 0 Å². The molecule has 0 radical (unpaired) electrons. The third-order valence-electron chi connectivity index (χ3n) is 2.11. The molecule has 0 spiro atoms. The summed E-state index contributed by atoms with van der Waals surface area (Å²) in [5.41, 5.74) is 0.742. The zero-order chi connectivity index (χ0) is 11.2.